The smallest absolute Gasteiger partial charge is 0.234 e. The zero-order valence-corrected chi connectivity index (χ0v) is 9.91. The molecule has 0 radical (unpaired) electrons. The first-order valence-corrected chi connectivity index (χ1v) is 5.49. The summed E-state index contributed by atoms with van der Waals surface area (Å²) in [5.41, 5.74) is 1.16. The number of carbonyl (C=O) groups is 1. The number of hydrogen-bond donors (Lipinski definition) is 1. The highest BCUT2D eigenvalue weighted by Crippen LogP contribution is 2.24. The van der Waals surface area contributed by atoms with Crippen molar-refractivity contribution in [2.24, 2.45) is 0 Å². The Kier molecular flexibility index (Phi) is 4.14. The molecule has 14 heavy (non-hydrogen) atoms. The second-order valence-electron chi connectivity index (χ2n) is 3.22. The first-order chi connectivity index (χ1) is 6.66. The standard InChI is InChI=1S/C11H14BrNO/c1-8(10(12)11(14)13-2)9-6-4-3-5-7-9/h3-8,10H,1-2H3,(H,13,14). The Bertz CT molecular complexity index is 299. The van der Waals surface area contributed by atoms with Crippen LogP contribution in [0.3, 0.4) is 0 Å². The van der Waals surface area contributed by atoms with Gasteiger partial charge in [0.25, 0.3) is 0 Å². The first kappa shape index (κ1) is 11.2. The van der Waals surface area contributed by atoms with Crippen LogP contribution in [0.2, 0.25) is 0 Å². The van der Waals surface area contributed by atoms with E-state index in [2.05, 4.69) is 21.2 Å². The summed E-state index contributed by atoms with van der Waals surface area (Å²) >= 11 is 3.39. The number of hydrogen-bond acceptors (Lipinski definition) is 1. The van der Waals surface area contributed by atoms with E-state index in [1.165, 1.54) is 0 Å². The second-order valence-corrected chi connectivity index (χ2v) is 4.20. The van der Waals surface area contributed by atoms with Crippen LogP contribution >= 0.6 is 15.9 Å². The van der Waals surface area contributed by atoms with Crippen molar-refractivity contribution in [3.8, 4) is 0 Å². The molecule has 1 rings (SSSR count). The molecule has 2 nitrogen and oxygen atoms in total. The van der Waals surface area contributed by atoms with Gasteiger partial charge in [0.1, 0.15) is 0 Å². The second kappa shape index (κ2) is 5.15. The van der Waals surface area contributed by atoms with Crippen molar-refractivity contribution >= 4 is 21.8 Å². The molecular formula is C11H14BrNO. The van der Waals surface area contributed by atoms with Gasteiger partial charge in [0, 0.05) is 13.0 Å². The quantitative estimate of drug-likeness (QED) is 0.826. The maximum atomic E-state index is 11.4. The van der Waals surface area contributed by atoms with Gasteiger partial charge < -0.3 is 5.32 Å². The SMILES string of the molecule is CNC(=O)C(Br)C(C)c1ccccc1. The number of benzene rings is 1. The van der Waals surface area contributed by atoms with Crippen molar-refractivity contribution in [1.29, 1.82) is 0 Å². The average molecular weight is 256 g/mol. The van der Waals surface area contributed by atoms with Crippen LogP contribution in [0, 0.1) is 0 Å². The highest BCUT2D eigenvalue weighted by Gasteiger charge is 2.21. The molecule has 1 N–H and O–H groups in total. The lowest BCUT2D eigenvalue weighted by atomic mass is 9.97. The van der Waals surface area contributed by atoms with E-state index in [-0.39, 0.29) is 16.7 Å². The van der Waals surface area contributed by atoms with Gasteiger partial charge in [0.2, 0.25) is 5.91 Å². The maximum absolute atomic E-state index is 11.4. The number of amides is 1. The van der Waals surface area contributed by atoms with Gasteiger partial charge >= 0.3 is 0 Å². The van der Waals surface area contributed by atoms with Gasteiger partial charge in [0.05, 0.1) is 4.83 Å². The van der Waals surface area contributed by atoms with Gasteiger partial charge in [-0.1, -0.05) is 53.2 Å². The summed E-state index contributed by atoms with van der Waals surface area (Å²) in [5, 5.41) is 2.63. The van der Waals surface area contributed by atoms with Gasteiger partial charge in [-0.3, -0.25) is 4.79 Å². The lowest BCUT2D eigenvalue weighted by Crippen LogP contribution is -2.31. The van der Waals surface area contributed by atoms with Crippen molar-refractivity contribution < 1.29 is 4.79 Å². The summed E-state index contributed by atoms with van der Waals surface area (Å²) in [4.78, 5) is 11.2. The number of carbonyl (C=O) groups excluding carboxylic acids is 1. The van der Waals surface area contributed by atoms with Gasteiger partial charge in [-0.05, 0) is 5.56 Å². The van der Waals surface area contributed by atoms with E-state index in [0.717, 1.165) is 5.56 Å². The van der Waals surface area contributed by atoms with Gasteiger partial charge in [-0.2, -0.15) is 0 Å². The third-order valence-corrected chi connectivity index (χ3v) is 3.47. The van der Waals surface area contributed by atoms with Crippen LogP contribution in [0.4, 0.5) is 0 Å². The summed E-state index contributed by atoms with van der Waals surface area (Å²) < 4.78 is 0. The molecule has 1 aromatic rings. The van der Waals surface area contributed by atoms with Gasteiger partial charge in [-0.15, -0.1) is 0 Å². The first-order valence-electron chi connectivity index (χ1n) is 4.57. The Morgan fingerprint density at radius 3 is 2.43 bits per heavy atom. The number of rotatable bonds is 3. The molecule has 2 atom stereocenters. The lowest BCUT2D eigenvalue weighted by molar-refractivity contribution is -0.120. The summed E-state index contributed by atoms with van der Waals surface area (Å²) in [5.74, 6) is 0.192. The van der Waals surface area contributed by atoms with Crippen LogP contribution in [0.15, 0.2) is 30.3 Å². The number of halogens is 1. The molecule has 0 aliphatic rings. The maximum Gasteiger partial charge on any atom is 0.234 e. The lowest BCUT2D eigenvalue weighted by Gasteiger charge is -2.16. The van der Waals surface area contributed by atoms with E-state index < -0.39 is 0 Å². The Hall–Kier alpha value is -0.830. The summed E-state index contributed by atoms with van der Waals surface area (Å²) in [6, 6.07) is 9.99. The summed E-state index contributed by atoms with van der Waals surface area (Å²) in [6.45, 7) is 2.03. The third-order valence-electron chi connectivity index (χ3n) is 2.26. The molecule has 0 aromatic heterocycles. The van der Waals surface area contributed by atoms with E-state index in [1.807, 2.05) is 37.3 Å². The van der Waals surface area contributed by atoms with E-state index in [0.29, 0.717) is 0 Å². The van der Waals surface area contributed by atoms with Crippen LogP contribution in [-0.2, 0) is 4.79 Å². The summed E-state index contributed by atoms with van der Waals surface area (Å²) in [6.07, 6.45) is 0. The monoisotopic (exact) mass is 255 g/mol. The fourth-order valence-corrected chi connectivity index (χ4v) is 1.82. The molecule has 0 aliphatic carbocycles. The van der Waals surface area contributed by atoms with Crippen LogP contribution in [0.5, 0.6) is 0 Å². The van der Waals surface area contributed by atoms with Crippen molar-refractivity contribution in [1.82, 2.24) is 5.32 Å². The average Bonchev–Trinajstić information content (AvgIpc) is 2.27. The highest BCUT2D eigenvalue weighted by molar-refractivity contribution is 9.10. The van der Waals surface area contributed by atoms with Gasteiger partial charge in [-0.25, -0.2) is 0 Å². The zero-order chi connectivity index (χ0) is 10.6. The van der Waals surface area contributed by atoms with Crippen LogP contribution in [0.1, 0.15) is 18.4 Å². The predicted octanol–water partition coefficient (Wildman–Crippen LogP) is 2.30. The van der Waals surface area contributed by atoms with E-state index in [9.17, 15) is 4.79 Å². The minimum absolute atomic E-state index is 0.0151. The molecule has 1 amide bonds. The van der Waals surface area contributed by atoms with Crippen molar-refractivity contribution in [3.05, 3.63) is 35.9 Å². The Morgan fingerprint density at radius 2 is 1.93 bits per heavy atom. The number of alkyl halides is 1. The molecule has 0 heterocycles. The third kappa shape index (κ3) is 2.58. The molecule has 0 spiro atoms. The van der Waals surface area contributed by atoms with Crippen LogP contribution in [-0.4, -0.2) is 17.8 Å². The molecule has 3 heteroatoms. The molecule has 0 saturated heterocycles. The van der Waals surface area contributed by atoms with Crippen molar-refractivity contribution in [2.45, 2.75) is 17.7 Å². The fourth-order valence-electron chi connectivity index (χ4n) is 1.29. The molecule has 0 fully saturated rings. The van der Waals surface area contributed by atoms with E-state index in [1.54, 1.807) is 7.05 Å². The Balaban J connectivity index is 2.75. The predicted molar refractivity (Wildman–Crippen MR) is 61.6 cm³/mol. The van der Waals surface area contributed by atoms with Gasteiger partial charge in [0.15, 0.2) is 0 Å². The minimum atomic E-state index is -0.171. The minimum Gasteiger partial charge on any atom is -0.358 e. The Labute approximate surface area is 92.8 Å². The molecule has 76 valence electrons. The molecule has 0 bridgehead atoms. The molecule has 1 aromatic carbocycles. The van der Waals surface area contributed by atoms with Crippen LogP contribution in [0.25, 0.3) is 0 Å². The van der Waals surface area contributed by atoms with E-state index in [4.69, 9.17) is 0 Å². The highest BCUT2D eigenvalue weighted by atomic mass is 79.9. The molecule has 0 aliphatic heterocycles. The van der Waals surface area contributed by atoms with Crippen molar-refractivity contribution in [2.75, 3.05) is 7.05 Å². The normalized spacial score (nSPS) is 14.5. The van der Waals surface area contributed by atoms with Crippen LogP contribution < -0.4 is 5.32 Å². The molecule has 2 unspecified atom stereocenters. The topological polar surface area (TPSA) is 29.1 Å². The summed E-state index contributed by atoms with van der Waals surface area (Å²) in [7, 11) is 1.65. The number of nitrogens with one attached hydrogen (secondary N) is 1. The fraction of sp³-hybridized carbons (Fsp3) is 0.364. The zero-order valence-electron chi connectivity index (χ0n) is 8.33. The molecule has 0 saturated carbocycles. The largest absolute Gasteiger partial charge is 0.358 e. The Morgan fingerprint density at radius 1 is 1.36 bits per heavy atom. The molecular weight excluding hydrogens is 242 g/mol. The van der Waals surface area contributed by atoms with E-state index >= 15 is 0 Å². The van der Waals surface area contributed by atoms with Crippen molar-refractivity contribution in [3.63, 3.8) is 0 Å².